The highest BCUT2D eigenvalue weighted by atomic mass is 16.3. The molecule has 1 saturated carbocycles. The van der Waals surface area contributed by atoms with Crippen LogP contribution in [-0.2, 0) is 0 Å². The molecule has 10 heavy (non-hydrogen) atoms. The van der Waals surface area contributed by atoms with Gasteiger partial charge in [-0.1, -0.05) is 25.0 Å². The Morgan fingerprint density at radius 3 is 2.40 bits per heavy atom. The molecule has 0 radical (unpaired) electrons. The van der Waals surface area contributed by atoms with Gasteiger partial charge in [-0.05, 0) is 19.8 Å². The molecule has 0 aliphatic heterocycles. The quantitative estimate of drug-likeness (QED) is 0.553. The molecule has 0 heterocycles. The summed E-state index contributed by atoms with van der Waals surface area (Å²) in [7, 11) is 0. The third-order valence-corrected chi connectivity index (χ3v) is 2.36. The van der Waals surface area contributed by atoms with Gasteiger partial charge in [0.2, 0.25) is 0 Å². The van der Waals surface area contributed by atoms with Crippen LogP contribution in [0.5, 0.6) is 0 Å². The van der Waals surface area contributed by atoms with Gasteiger partial charge in [-0.25, -0.2) is 0 Å². The highest BCUT2D eigenvalue weighted by molar-refractivity contribution is 5.00. The van der Waals surface area contributed by atoms with E-state index in [9.17, 15) is 5.11 Å². The molecule has 0 bridgehead atoms. The molecule has 1 N–H and O–H groups in total. The van der Waals surface area contributed by atoms with Crippen molar-refractivity contribution >= 4 is 0 Å². The lowest BCUT2D eigenvalue weighted by Crippen LogP contribution is -2.24. The van der Waals surface area contributed by atoms with Crippen LogP contribution in [0.1, 0.15) is 32.6 Å². The summed E-state index contributed by atoms with van der Waals surface area (Å²) in [5.74, 6) is 0.383. The third kappa shape index (κ3) is 1.60. The zero-order valence-electron chi connectivity index (χ0n) is 6.64. The van der Waals surface area contributed by atoms with Gasteiger partial charge in [-0.3, -0.25) is 0 Å². The van der Waals surface area contributed by atoms with E-state index in [1.165, 1.54) is 12.8 Å². The maximum Gasteiger partial charge on any atom is 0.0605 e. The number of hydrogen-bond donors (Lipinski definition) is 1. The molecule has 0 aromatic carbocycles. The van der Waals surface area contributed by atoms with Crippen LogP contribution in [0, 0.1) is 5.92 Å². The lowest BCUT2D eigenvalue weighted by atomic mass is 9.83. The topological polar surface area (TPSA) is 20.2 Å². The molecule has 0 amide bonds. The van der Waals surface area contributed by atoms with Gasteiger partial charge in [0.25, 0.3) is 0 Å². The number of aliphatic hydroxyl groups is 1. The molecule has 0 unspecified atom stereocenters. The van der Waals surface area contributed by atoms with Crippen LogP contribution in [-0.4, -0.2) is 11.2 Å². The maximum absolute atomic E-state index is 9.48. The van der Waals surface area contributed by atoms with E-state index in [4.69, 9.17) is 0 Å². The third-order valence-electron chi connectivity index (χ3n) is 2.36. The van der Waals surface area contributed by atoms with Crippen LogP contribution in [0.15, 0.2) is 12.2 Å². The lowest BCUT2D eigenvalue weighted by molar-refractivity contribution is 0.0877. The van der Waals surface area contributed by atoms with Crippen LogP contribution in [0.3, 0.4) is 0 Å². The molecule has 1 aliphatic rings. The van der Waals surface area contributed by atoms with Crippen molar-refractivity contribution in [3.8, 4) is 0 Å². The van der Waals surface area contributed by atoms with Gasteiger partial charge in [0.05, 0.1) is 6.10 Å². The Bertz CT molecular complexity index is 129. The van der Waals surface area contributed by atoms with E-state index in [-0.39, 0.29) is 6.10 Å². The Morgan fingerprint density at radius 1 is 1.40 bits per heavy atom. The van der Waals surface area contributed by atoms with Crippen LogP contribution in [0.25, 0.3) is 0 Å². The molecule has 1 aliphatic carbocycles. The Hall–Kier alpha value is -0.300. The largest absolute Gasteiger partial charge is 0.393 e. The van der Waals surface area contributed by atoms with Crippen molar-refractivity contribution in [2.24, 2.45) is 5.92 Å². The van der Waals surface area contributed by atoms with Gasteiger partial charge in [0.1, 0.15) is 0 Å². The predicted octanol–water partition coefficient (Wildman–Crippen LogP) is 2.11. The summed E-state index contributed by atoms with van der Waals surface area (Å²) < 4.78 is 0. The molecule has 2 atom stereocenters. The van der Waals surface area contributed by atoms with Crippen LogP contribution >= 0.6 is 0 Å². The van der Waals surface area contributed by atoms with Crippen LogP contribution in [0.2, 0.25) is 0 Å². The molecule has 0 aromatic heterocycles. The second-order valence-electron chi connectivity index (χ2n) is 3.30. The molecular formula is C9H16O. The van der Waals surface area contributed by atoms with Crippen molar-refractivity contribution in [1.82, 2.24) is 0 Å². The maximum atomic E-state index is 9.48. The molecule has 1 fully saturated rings. The molecule has 1 rings (SSSR count). The van der Waals surface area contributed by atoms with Crippen LogP contribution < -0.4 is 0 Å². The van der Waals surface area contributed by atoms with E-state index in [1.54, 1.807) is 0 Å². The summed E-state index contributed by atoms with van der Waals surface area (Å²) >= 11 is 0. The van der Waals surface area contributed by atoms with Gasteiger partial charge < -0.3 is 5.11 Å². The number of rotatable bonds is 1. The Balaban J connectivity index is 2.47. The fourth-order valence-electron chi connectivity index (χ4n) is 1.69. The molecule has 0 spiro atoms. The van der Waals surface area contributed by atoms with E-state index in [2.05, 4.69) is 6.58 Å². The monoisotopic (exact) mass is 140 g/mol. The van der Waals surface area contributed by atoms with Crippen LogP contribution in [0.4, 0.5) is 0 Å². The SMILES string of the molecule is C=C(C)[C@@H]1CCCC[C@@H]1O. The lowest BCUT2D eigenvalue weighted by Gasteiger charge is -2.27. The highest BCUT2D eigenvalue weighted by Gasteiger charge is 2.22. The average molecular weight is 140 g/mol. The minimum atomic E-state index is -0.105. The Morgan fingerprint density at radius 2 is 2.00 bits per heavy atom. The van der Waals surface area contributed by atoms with Crippen molar-refractivity contribution in [1.29, 1.82) is 0 Å². The molecule has 0 aromatic rings. The zero-order chi connectivity index (χ0) is 7.56. The molecular weight excluding hydrogens is 124 g/mol. The van der Waals surface area contributed by atoms with E-state index < -0.39 is 0 Å². The summed E-state index contributed by atoms with van der Waals surface area (Å²) in [6.07, 6.45) is 4.44. The molecule has 1 nitrogen and oxygen atoms in total. The predicted molar refractivity (Wildman–Crippen MR) is 42.8 cm³/mol. The van der Waals surface area contributed by atoms with E-state index in [0.717, 1.165) is 18.4 Å². The summed E-state index contributed by atoms with van der Waals surface area (Å²) in [6.45, 7) is 5.88. The average Bonchev–Trinajstić information content (AvgIpc) is 1.88. The van der Waals surface area contributed by atoms with Crippen molar-refractivity contribution in [2.75, 3.05) is 0 Å². The Kier molecular flexibility index (Phi) is 2.50. The minimum Gasteiger partial charge on any atom is -0.393 e. The smallest absolute Gasteiger partial charge is 0.0605 e. The first kappa shape index (κ1) is 7.80. The van der Waals surface area contributed by atoms with E-state index in [1.807, 2.05) is 6.92 Å². The van der Waals surface area contributed by atoms with Gasteiger partial charge in [-0.15, -0.1) is 0 Å². The summed E-state index contributed by atoms with van der Waals surface area (Å²) in [5, 5.41) is 9.48. The Labute approximate surface area is 62.8 Å². The fourth-order valence-corrected chi connectivity index (χ4v) is 1.69. The zero-order valence-corrected chi connectivity index (χ0v) is 6.64. The second kappa shape index (κ2) is 3.20. The van der Waals surface area contributed by atoms with Gasteiger partial charge in [0.15, 0.2) is 0 Å². The summed E-state index contributed by atoms with van der Waals surface area (Å²) in [6, 6.07) is 0. The van der Waals surface area contributed by atoms with Crippen molar-refractivity contribution in [2.45, 2.75) is 38.7 Å². The van der Waals surface area contributed by atoms with Gasteiger partial charge in [0, 0.05) is 5.92 Å². The van der Waals surface area contributed by atoms with E-state index >= 15 is 0 Å². The first-order valence-electron chi connectivity index (χ1n) is 4.05. The standard InChI is InChI=1S/C9H16O/c1-7(2)8-5-3-4-6-9(8)10/h8-10H,1,3-6H2,2H3/t8-,9-/m0/s1. The second-order valence-corrected chi connectivity index (χ2v) is 3.30. The number of aliphatic hydroxyl groups excluding tert-OH is 1. The normalized spacial score (nSPS) is 33.8. The molecule has 1 heteroatoms. The first-order chi connectivity index (χ1) is 4.72. The van der Waals surface area contributed by atoms with Crippen molar-refractivity contribution < 1.29 is 5.11 Å². The summed E-state index contributed by atoms with van der Waals surface area (Å²) in [4.78, 5) is 0. The minimum absolute atomic E-state index is 0.105. The fraction of sp³-hybridized carbons (Fsp3) is 0.778. The number of hydrogen-bond acceptors (Lipinski definition) is 1. The van der Waals surface area contributed by atoms with Crippen molar-refractivity contribution in [3.05, 3.63) is 12.2 Å². The first-order valence-corrected chi connectivity index (χ1v) is 4.05. The molecule has 0 saturated heterocycles. The van der Waals surface area contributed by atoms with Gasteiger partial charge in [-0.2, -0.15) is 0 Å². The van der Waals surface area contributed by atoms with Crippen molar-refractivity contribution in [3.63, 3.8) is 0 Å². The molecule has 58 valence electrons. The summed E-state index contributed by atoms with van der Waals surface area (Å²) in [5.41, 5.74) is 1.15. The van der Waals surface area contributed by atoms with E-state index in [0.29, 0.717) is 5.92 Å². The van der Waals surface area contributed by atoms with Gasteiger partial charge >= 0.3 is 0 Å². The highest BCUT2D eigenvalue weighted by Crippen LogP contribution is 2.28.